The van der Waals surface area contributed by atoms with Crippen LogP contribution in [0.15, 0.2) is 53.0 Å². The lowest BCUT2D eigenvalue weighted by Crippen LogP contribution is -2.36. The lowest BCUT2D eigenvalue weighted by Gasteiger charge is -2.23. The number of hydrogen-bond acceptors (Lipinski definition) is 2. The van der Waals surface area contributed by atoms with E-state index < -0.39 is 0 Å². The van der Waals surface area contributed by atoms with E-state index in [0.29, 0.717) is 0 Å². The minimum Gasteiger partial charge on any atom is -0.395 e. The highest BCUT2D eigenvalue weighted by Gasteiger charge is 2.15. The molecule has 0 aromatic heterocycles. The molecule has 0 saturated carbocycles. The Hall–Kier alpha value is -1.23. The van der Waals surface area contributed by atoms with Crippen LogP contribution in [0, 0.1) is 5.82 Å². The molecule has 2 aromatic rings. The van der Waals surface area contributed by atoms with Crippen molar-refractivity contribution < 1.29 is 9.50 Å². The summed E-state index contributed by atoms with van der Waals surface area (Å²) in [5, 5.41) is 13.0. The SMILES string of the molecule is CC(NC(CO)Cc1ccccc1)c1ccc(F)cc1Br. The van der Waals surface area contributed by atoms with Crippen molar-refractivity contribution in [3.05, 3.63) is 69.9 Å². The van der Waals surface area contributed by atoms with Gasteiger partial charge in [-0.25, -0.2) is 4.39 Å². The van der Waals surface area contributed by atoms with Crippen LogP contribution < -0.4 is 5.32 Å². The zero-order valence-corrected chi connectivity index (χ0v) is 13.5. The molecule has 0 aliphatic carbocycles. The molecule has 21 heavy (non-hydrogen) atoms. The summed E-state index contributed by atoms with van der Waals surface area (Å²) in [6.45, 7) is 2.06. The van der Waals surface area contributed by atoms with E-state index in [2.05, 4.69) is 21.2 Å². The molecule has 2 atom stereocenters. The van der Waals surface area contributed by atoms with Crippen molar-refractivity contribution in [2.45, 2.75) is 25.4 Å². The number of aliphatic hydroxyl groups is 1. The molecule has 2 rings (SSSR count). The average Bonchev–Trinajstić information content (AvgIpc) is 2.47. The Morgan fingerprint density at radius 3 is 2.52 bits per heavy atom. The summed E-state index contributed by atoms with van der Waals surface area (Å²) >= 11 is 3.38. The molecule has 0 saturated heterocycles. The Labute approximate surface area is 133 Å². The molecule has 2 aromatic carbocycles. The van der Waals surface area contributed by atoms with Crippen molar-refractivity contribution in [1.29, 1.82) is 0 Å². The van der Waals surface area contributed by atoms with Gasteiger partial charge in [-0.2, -0.15) is 0 Å². The highest BCUT2D eigenvalue weighted by atomic mass is 79.9. The number of aliphatic hydroxyl groups excluding tert-OH is 1. The maximum Gasteiger partial charge on any atom is 0.124 e. The van der Waals surface area contributed by atoms with Crippen LogP contribution >= 0.6 is 15.9 Å². The molecule has 2 unspecified atom stereocenters. The lowest BCUT2D eigenvalue weighted by molar-refractivity contribution is 0.232. The van der Waals surface area contributed by atoms with Gasteiger partial charge in [-0.3, -0.25) is 0 Å². The molecule has 2 nitrogen and oxygen atoms in total. The predicted molar refractivity (Wildman–Crippen MR) is 86.7 cm³/mol. The lowest BCUT2D eigenvalue weighted by atomic mass is 10.0. The van der Waals surface area contributed by atoms with Gasteiger partial charge in [0.25, 0.3) is 0 Å². The molecule has 0 amide bonds. The van der Waals surface area contributed by atoms with Gasteiger partial charge in [0.1, 0.15) is 5.82 Å². The summed E-state index contributed by atoms with van der Waals surface area (Å²) in [5.74, 6) is -0.263. The number of hydrogen-bond donors (Lipinski definition) is 2. The molecule has 0 radical (unpaired) electrons. The summed E-state index contributed by atoms with van der Waals surface area (Å²) in [6.07, 6.45) is 0.750. The van der Waals surface area contributed by atoms with E-state index in [1.165, 1.54) is 17.7 Å². The van der Waals surface area contributed by atoms with E-state index >= 15 is 0 Å². The number of nitrogens with one attached hydrogen (secondary N) is 1. The van der Waals surface area contributed by atoms with Gasteiger partial charge in [0.2, 0.25) is 0 Å². The third-order valence-electron chi connectivity index (χ3n) is 3.46. The fourth-order valence-electron chi connectivity index (χ4n) is 2.37. The van der Waals surface area contributed by atoms with Crippen molar-refractivity contribution in [3.63, 3.8) is 0 Å². The quantitative estimate of drug-likeness (QED) is 0.828. The van der Waals surface area contributed by atoms with E-state index in [4.69, 9.17) is 0 Å². The second-order valence-corrected chi connectivity index (χ2v) is 5.98. The van der Waals surface area contributed by atoms with Crippen LogP contribution in [0.1, 0.15) is 24.1 Å². The smallest absolute Gasteiger partial charge is 0.124 e. The maximum atomic E-state index is 13.1. The summed E-state index contributed by atoms with van der Waals surface area (Å²) < 4.78 is 13.9. The molecule has 0 aliphatic heterocycles. The monoisotopic (exact) mass is 351 g/mol. The Bertz CT molecular complexity index is 576. The normalized spacial score (nSPS) is 13.9. The summed E-state index contributed by atoms with van der Waals surface area (Å²) in [6, 6.07) is 14.7. The van der Waals surface area contributed by atoms with Gasteiger partial charge < -0.3 is 10.4 Å². The molecule has 0 aliphatic rings. The van der Waals surface area contributed by atoms with E-state index in [9.17, 15) is 9.50 Å². The zero-order valence-electron chi connectivity index (χ0n) is 11.9. The number of halogens is 2. The minimum absolute atomic E-state index is 0.0147. The van der Waals surface area contributed by atoms with Crippen LogP contribution in [0.2, 0.25) is 0 Å². The summed E-state index contributed by atoms with van der Waals surface area (Å²) in [5.41, 5.74) is 2.15. The first-order valence-corrected chi connectivity index (χ1v) is 7.75. The van der Waals surface area contributed by atoms with Gasteiger partial charge in [-0.05, 0) is 36.6 Å². The molecule has 0 bridgehead atoms. The van der Waals surface area contributed by atoms with E-state index in [0.717, 1.165) is 16.5 Å². The topological polar surface area (TPSA) is 32.3 Å². The molecule has 0 heterocycles. The second kappa shape index (κ2) is 7.69. The third-order valence-corrected chi connectivity index (χ3v) is 4.15. The first-order chi connectivity index (χ1) is 10.1. The van der Waals surface area contributed by atoms with Gasteiger partial charge in [-0.15, -0.1) is 0 Å². The van der Waals surface area contributed by atoms with Crippen LogP contribution in [0.3, 0.4) is 0 Å². The van der Waals surface area contributed by atoms with Crippen LogP contribution in [0.25, 0.3) is 0 Å². The first-order valence-electron chi connectivity index (χ1n) is 6.96. The minimum atomic E-state index is -0.263. The molecule has 0 spiro atoms. The fourth-order valence-corrected chi connectivity index (χ4v) is 3.07. The number of rotatable bonds is 6. The van der Waals surface area contributed by atoms with Gasteiger partial charge >= 0.3 is 0 Å². The van der Waals surface area contributed by atoms with Crippen LogP contribution in [-0.4, -0.2) is 17.8 Å². The standard InChI is InChI=1S/C17H19BrFNO/c1-12(16-8-7-14(19)10-17(16)18)20-15(11-21)9-13-5-3-2-4-6-13/h2-8,10,12,15,20-21H,9,11H2,1H3. The van der Waals surface area contributed by atoms with Crippen molar-refractivity contribution in [3.8, 4) is 0 Å². The molecule has 112 valence electrons. The van der Waals surface area contributed by atoms with Crippen molar-refractivity contribution in [1.82, 2.24) is 5.32 Å². The average molecular weight is 352 g/mol. The molecule has 2 N–H and O–H groups in total. The largest absolute Gasteiger partial charge is 0.395 e. The fraction of sp³-hybridized carbons (Fsp3) is 0.294. The van der Waals surface area contributed by atoms with E-state index in [1.807, 2.05) is 37.3 Å². The summed E-state index contributed by atoms with van der Waals surface area (Å²) in [4.78, 5) is 0. The Morgan fingerprint density at radius 1 is 1.19 bits per heavy atom. The summed E-state index contributed by atoms with van der Waals surface area (Å²) in [7, 11) is 0. The van der Waals surface area contributed by atoms with Crippen LogP contribution in [0.5, 0.6) is 0 Å². The van der Waals surface area contributed by atoms with Crippen molar-refractivity contribution in [2.24, 2.45) is 0 Å². The third kappa shape index (κ3) is 4.63. The number of benzene rings is 2. The first kappa shape index (κ1) is 16.1. The molecule has 0 fully saturated rings. The highest BCUT2D eigenvalue weighted by molar-refractivity contribution is 9.10. The van der Waals surface area contributed by atoms with Crippen LogP contribution in [-0.2, 0) is 6.42 Å². The van der Waals surface area contributed by atoms with Gasteiger partial charge in [0.15, 0.2) is 0 Å². The second-order valence-electron chi connectivity index (χ2n) is 5.12. The van der Waals surface area contributed by atoms with Crippen LogP contribution in [0.4, 0.5) is 4.39 Å². The maximum absolute atomic E-state index is 13.1. The van der Waals surface area contributed by atoms with E-state index in [-0.39, 0.29) is 24.5 Å². The molecular formula is C17H19BrFNO. The Kier molecular flexibility index (Phi) is 5.91. The zero-order chi connectivity index (χ0) is 15.2. The predicted octanol–water partition coefficient (Wildman–Crippen LogP) is 3.84. The Balaban J connectivity index is 2.04. The Morgan fingerprint density at radius 2 is 1.90 bits per heavy atom. The molecular weight excluding hydrogens is 333 g/mol. The van der Waals surface area contributed by atoms with Gasteiger partial charge in [-0.1, -0.05) is 52.3 Å². The van der Waals surface area contributed by atoms with Gasteiger partial charge in [0.05, 0.1) is 6.61 Å². The van der Waals surface area contributed by atoms with Crippen molar-refractivity contribution in [2.75, 3.05) is 6.61 Å². The van der Waals surface area contributed by atoms with E-state index in [1.54, 1.807) is 6.07 Å². The molecule has 4 heteroatoms. The van der Waals surface area contributed by atoms with Crippen molar-refractivity contribution >= 4 is 15.9 Å². The van der Waals surface area contributed by atoms with Gasteiger partial charge in [0, 0.05) is 16.6 Å². The highest BCUT2D eigenvalue weighted by Crippen LogP contribution is 2.24.